The molecule has 3 rings (SSSR count). The van der Waals surface area contributed by atoms with Crippen LogP contribution in [-0.4, -0.2) is 22.5 Å². The van der Waals surface area contributed by atoms with Crippen molar-refractivity contribution in [2.24, 2.45) is 0 Å². The third kappa shape index (κ3) is 3.42. The third-order valence-corrected chi connectivity index (χ3v) is 7.24. The first-order valence-corrected chi connectivity index (χ1v) is 10.9. The molecule has 0 heterocycles. The van der Waals surface area contributed by atoms with Crippen LogP contribution in [0, 0.1) is 41.5 Å². The van der Waals surface area contributed by atoms with Crippen molar-refractivity contribution < 1.29 is 0 Å². The summed E-state index contributed by atoms with van der Waals surface area (Å²) in [7, 11) is 0. The van der Waals surface area contributed by atoms with E-state index in [1.807, 2.05) is 0 Å². The van der Waals surface area contributed by atoms with Gasteiger partial charge in [-0.25, -0.2) is 0 Å². The van der Waals surface area contributed by atoms with Gasteiger partial charge in [0, 0.05) is 0 Å². The van der Waals surface area contributed by atoms with Crippen LogP contribution in [0.1, 0.15) is 33.4 Å². The fourth-order valence-corrected chi connectivity index (χ4v) is 5.95. The molecule has 0 amide bonds. The number of aryl methyl sites for hydroxylation is 6. The molecule has 0 aliphatic heterocycles. The average molecular weight is 434 g/mol. The maximum absolute atomic E-state index is 2.31. The van der Waals surface area contributed by atoms with E-state index in [-0.39, 0.29) is 0 Å². The number of rotatable bonds is 2. The number of hydrogen-bond acceptors (Lipinski definition) is 0. The zero-order chi connectivity index (χ0) is 18.3. The Hall–Kier alpha value is -1.54. The predicted octanol–water partition coefficient (Wildman–Crippen LogP) is 5.13. The summed E-state index contributed by atoms with van der Waals surface area (Å²) in [6, 6.07) is 16.1. The Morgan fingerprint density at radius 2 is 0.880 bits per heavy atom. The third-order valence-electron chi connectivity index (χ3n) is 5.07. The normalized spacial score (nSPS) is 11.0. The molecule has 3 aromatic carbocycles. The molecule has 0 spiro atoms. The Bertz CT molecular complexity index is 842. The van der Waals surface area contributed by atoms with Crippen molar-refractivity contribution >= 4 is 26.1 Å². The van der Waals surface area contributed by atoms with Gasteiger partial charge in [0.05, 0.1) is 0 Å². The van der Waals surface area contributed by atoms with E-state index < -0.39 is 0 Å². The summed E-state index contributed by atoms with van der Waals surface area (Å²) in [5.41, 5.74) is 13.9. The number of hydrogen-bond donors (Lipinski definition) is 0. The van der Waals surface area contributed by atoms with Crippen molar-refractivity contribution in [1.29, 1.82) is 0 Å². The molecule has 3 aromatic rings. The molecular weight excluding hydrogens is 407 g/mol. The Morgan fingerprint density at radius 3 is 1.20 bits per heavy atom. The first kappa shape index (κ1) is 18.3. The predicted molar refractivity (Wildman–Crippen MR) is 114 cm³/mol. The van der Waals surface area contributed by atoms with Gasteiger partial charge in [0.1, 0.15) is 0 Å². The minimum atomic E-state index is 0.759. The summed E-state index contributed by atoms with van der Waals surface area (Å²) < 4.78 is 1.54. The summed E-state index contributed by atoms with van der Waals surface area (Å²) in [4.78, 5) is 0. The van der Waals surface area contributed by atoms with E-state index in [0.29, 0.717) is 0 Å². The molecule has 0 aliphatic rings. The summed E-state index contributed by atoms with van der Waals surface area (Å²) >= 11 is 0.759. The molecule has 0 saturated heterocycles. The van der Waals surface area contributed by atoms with E-state index in [1.54, 1.807) is 0 Å². The SMILES string of the molecule is Cc1cc(C)c(-c2cccc(-c3c(C)cc(C)cc3C)[c]2[SnH2])c(C)c1. The summed E-state index contributed by atoms with van der Waals surface area (Å²) in [5, 5.41) is 0. The second-order valence-electron chi connectivity index (χ2n) is 7.38. The van der Waals surface area contributed by atoms with Gasteiger partial charge >= 0.3 is 166 Å². The summed E-state index contributed by atoms with van der Waals surface area (Å²) in [6.45, 7) is 13.3. The van der Waals surface area contributed by atoms with Gasteiger partial charge in [-0.15, -0.1) is 0 Å². The maximum atomic E-state index is 2.31. The molecule has 1 radical (unpaired) electrons. The molecule has 127 valence electrons. The average Bonchev–Trinajstić information content (AvgIpc) is 2.48. The zero-order valence-electron chi connectivity index (χ0n) is 16.2. The molecule has 0 N–H and O–H groups in total. The Morgan fingerprint density at radius 1 is 0.560 bits per heavy atom. The molecule has 0 aromatic heterocycles. The first-order chi connectivity index (χ1) is 11.8. The summed E-state index contributed by atoms with van der Waals surface area (Å²) in [5.74, 6) is 0. The fraction of sp³-hybridized carbons (Fsp3) is 0.250. The molecule has 1 heteroatoms. The van der Waals surface area contributed by atoms with Crippen LogP contribution in [0.3, 0.4) is 0 Å². The van der Waals surface area contributed by atoms with Crippen molar-refractivity contribution in [1.82, 2.24) is 0 Å². The van der Waals surface area contributed by atoms with E-state index in [2.05, 4.69) is 84.0 Å². The van der Waals surface area contributed by atoms with E-state index in [4.69, 9.17) is 0 Å². The van der Waals surface area contributed by atoms with E-state index in [1.165, 1.54) is 59.2 Å². The van der Waals surface area contributed by atoms with Gasteiger partial charge in [-0.2, -0.15) is 0 Å². The molecule has 0 unspecified atom stereocenters. The van der Waals surface area contributed by atoms with Gasteiger partial charge in [-0.3, -0.25) is 0 Å². The van der Waals surface area contributed by atoms with E-state index in [0.717, 1.165) is 22.5 Å². The second kappa shape index (κ2) is 6.99. The van der Waals surface area contributed by atoms with Gasteiger partial charge in [0.15, 0.2) is 0 Å². The van der Waals surface area contributed by atoms with E-state index in [9.17, 15) is 0 Å². The topological polar surface area (TPSA) is 0 Å². The Kier molecular flexibility index (Phi) is 5.11. The van der Waals surface area contributed by atoms with Crippen LogP contribution >= 0.6 is 0 Å². The van der Waals surface area contributed by atoms with Crippen LogP contribution in [0.2, 0.25) is 0 Å². The Balaban J connectivity index is 2.28. The zero-order valence-corrected chi connectivity index (χ0v) is 20.3. The van der Waals surface area contributed by atoms with Gasteiger partial charge in [0.25, 0.3) is 0 Å². The minimum absolute atomic E-state index is 0.759. The van der Waals surface area contributed by atoms with Gasteiger partial charge in [-0.05, 0) is 0 Å². The molecule has 0 atom stereocenters. The van der Waals surface area contributed by atoms with Crippen LogP contribution in [0.4, 0.5) is 0 Å². The molecule has 0 bridgehead atoms. The van der Waals surface area contributed by atoms with Crippen LogP contribution in [-0.2, 0) is 0 Å². The van der Waals surface area contributed by atoms with Gasteiger partial charge < -0.3 is 0 Å². The van der Waals surface area contributed by atoms with Crippen molar-refractivity contribution in [2.45, 2.75) is 41.5 Å². The van der Waals surface area contributed by atoms with Crippen molar-refractivity contribution in [3.8, 4) is 22.3 Å². The monoisotopic (exact) mass is 435 g/mol. The summed E-state index contributed by atoms with van der Waals surface area (Å²) in [6.07, 6.45) is 0. The molecule has 0 aliphatic carbocycles. The van der Waals surface area contributed by atoms with Crippen LogP contribution in [0.25, 0.3) is 22.3 Å². The number of benzene rings is 3. The van der Waals surface area contributed by atoms with Crippen LogP contribution in [0.15, 0.2) is 42.5 Å². The second-order valence-corrected chi connectivity index (χ2v) is 9.40. The van der Waals surface area contributed by atoms with Crippen molar-refractivity contribution in [2.75, 3.05) is 0 Å². The fourth-order valence-electron chi connectivity index (χ4n) is 4.26. The standard InChI is InChI=1S/C24H25.Sn.2H/c1-15-10-17(3)23(18(4)11-15)21-8-7-9-22(14-21)24-19(5)12-16(2)13-20(24)6;;;/h7-13H,1-6H3;;;. The van der Waals surface area contributed by atoms with Gasteiger partial charge in [-0.1, -0.05) is 0 Å². The van der Waals surface area contributed by atoms with Gasteiger partial charge in [0.2, 0.25) is 0 Å². The van der Waals surface area contributed by atoms with Crippen LogP contribution in [0.5, 0.6) is 0 Å². The Labute approximate surface area is 165 Å². The quantitative estimate of drug-likeness (QED) is 0.491. The van der Waals surface area contributed by atoms with E-state index >= 15 is 0 Å². The molecule has 0 fully saturated rings. The molecule has 0 nitrogen and oxygen atoms in total. The molecule has 0 saturated carbocycles. The molecular formula is C24H27Sn. The van der Waals surface area contributed by atoms with Crippen molar-refractivity contribution in [3.05, 3.63) is 75.8 Å². The first-order valence-electron chi connectivity index (χ1n) is 8.91. The molecule has 25 heavy (non-hydrogen) atoms. The van der Waals surface area contributed by atoms with Crippen LogP contribution < -0.4 is 3.58 Å². The van der Waals surface area contributed by atoms with Crippen molar-refractivity contribution in [3.63, 3.8) is 0 Å².